The molecule has 1 heterocycles. The van der Waals surface area contributed by atoms with Crippen molar-refractivity contribution in [2.75, 3.05) is 0 Å². The Labute approximate surface area is 116 Å². The van der Waals surface area contributed by atoms with Crippen LogP contribution in [0.4, 0.5) is 0 Å². The number of aromatic nitrogens is 1. The van der Waals surface area contributed by atoms with E-state index < -0.39 is 0 Å². The van der Waals surface area contributed by atoms with Gasteiger partial charge in [0.15, 0.2) is 0 Å². The summed E-state index contributed by atoms with van der Waals surface area (Å²) in [6.07, 6.45) is 4.76. The number of pyridine rings is 1. The van der Waals surface area contributed by atoms with E-state index in [0.29, 0.717) is 0 Å². The van der Waals surface area contributed by atoms with E-state index in [9.17, 15) is 0 Å². The van der Waals surface area contributed by atoms with Gasteiger partial charge < -0.3 is 10.1 Å². The molecule has 2 rings (SSSR count). The molecule has 3 heteroatoms. The van der Waals surface area contributed by atoms with E-state index in [1.807, 2.05) is 0 Å². The molecular weight excluding hydrogens is 236 g/mol. The number of nitrogens with one attached hydrogen (secondary N) is 1. The third-order valence-electron chi connectivity index (χ3n) is 3.00. The van der Waals surface area contributed by atoms with Crippen LogP contribution >= 0.6 is 0 Å². The maximum atomic E-state index is 5.91. The summed E-state index contributed by atoms with van der Waals surface area (Å²) in [7, 11) is 0. The van der Waals surface area contributed by atoms with Gasteiger partial charge in [-0.3, -0.25) is 0 Å². The average molecular weight is 262 g/mol. The van der Waals surface area contributed by atoms with Gasteiger partial charge in [0.25, 0.3) is 0 Å². The molecule has 106 valence electrons. The molecule has 0 unspecified atom stereocenters. The highest BCUT2D eigenvalue weighted by Crippen LogP contribution is 2.22. The maximum absolute atomic E-state index is 5.91. The lowest BCUT2D eigenvalue weighted by Crippen LogP contribution is -2.24. The fraction of sp³-hybridized carbons (Fsp3) is 0.688. The second kappa shape index (κ2) is 5.91. The van der Waals surface area contributed by atoms with Crippen LogP contribution in [0, 0.1) is 0 Å². The zero-order chi connectivity index (χ0) is 13.9. The molecule has 3 nitrogen and oxygen atoms in total. The second-order valence-corrected chi connectivity index (χ2v) is 6.42. The zero-order valence-corrected chi connectivity index (χ0v) is 12.6. The summed E-state index contributed by atoms with van der Waals surface area (Å²) in [4.78, 5) is 4.60. The Kier molecular flexibility index (Phi) is 4.46. The number of ether oxygens (including phenoxy) is 1. The third kappa shape index (κ3) is 5.19. The average Bonchev–Trinajstić information content (AvgIpc) is 3.08. The molecule has 0 aromatic carbocycles. The first-order valence-electron chi connectivity index (χ1n) is 7.38. The van der Waals surface area contributed by atoms with Gasteiger partial charge in [-0.1, -0.05) is 13.3 Å². The van der Waals surface area contributed by atoms with E-state index in [2.05, 4.69) is 50.1 Å². The number of rotatable bonds is 6. The van der Waals surface area contributed by atoms with Crippen molar-refractivity contribution in [2.45, 2.75) is 71.6 Å². The Morgan fingerprint density at radius 3 is 2.63 bits per heavy atom. The molecule has 1 fully saturated rings. The smallest absolute Gasteiger partial charge is 0.214 e. The van der Waals surface area contributed by atoms with Crippen molar-refractivity contribution < 1.29 is 4.74 Å². The van der Waals surface area contributed by atoms with Crippen molar-refractivity contribution in [3.63, 3.8) is 0 Å². The topological polar surface area (TPSA) is 34.1 Å². The molecule has 0 aliphatic heterocycles. The molecule has 0 bridgehead atoms. The van der Waals surface area contributed by atoms with Crippen LogP contribution in [-0.2, 0) is 13.0 Å². The predicted molar refractivity (Wildman–Crippen MR) is 78.5 cm³/mol. The van der Waals surface area contributed by atoms with Gasteiger partial charge in [-0.05, 0) is 51.7 Å². The molecular formula is C16H26N2O. The van der Waals surface area contributed by atoms with Gasteiger partial charge in [0.1, 0.15) is 5.60 Å². The first-order valence-corrected chi connectivity index (χ1v) is 7.38. The van der Waals surface area contributed by atoms with Crippen LogP contribution in [0.3, 0.4) is 0 Å². The van der Waals surface area contributed by atoms with Crippen molar-refractivity contribution in [3.05, 3.63) is 23.4 Å². The molecule has 1 aliphatic rings. The molecule has 0 spiro atoms. The van der Waals surface area contributed by atoms with E-state index in [0.717, 1.165) is 37.0 Å². The molecule has 1 saturated carbocycles. The molecule has 0 saturated heterocycles. The van der Waals surface area contributed by atoms with Gasteiger partial charge in [0.05, 0.1) is 0 Å². The summed E-state index contributed by atoms with van der Waals surface area (Å²) in [5.41, 5.74) is 2.22. The van der Waals surface area contributed by atoms with E-state index in [4.69, 9.17) is 4.74 Å². The Bertz CT molecular complexity index is 419. The minimum atomic E-state index is -0.195. The van der Waals surface area contributed by atoms with Crippen molar-refractivity contribution in [1.82, 2.24) is 10.3 Å². The second-order valence-electron chi connectivity index (χ2n) is 6.42. The quantitative estimate of drug-likeness (QED) is 0.852. The van der Waals surface area contributed by atoms with Crippen molar-refractivity contribution in [1.29, 1.82) is 0 Å². The van der Waals surface area contributed by atoms with Crippen LogP contribution in [0.15, 0.2) is 12.1 Å². The zero-order valence-electron chi connectivity index (χ0n) is 12.6. The fourth-order valence-corrected chi connectivity index (χ4v) is 2.02. The summed E-state index contributed by atoms with van der Waals surface area (Å²) in [5, 5.41) is 3.55. The molecule has 1 aromatic heterocycles. The number of nitrogens with zero attached hydrogens (tertiary/aromatic N) is 1. The lowest BCUT2D eigenvalue weighted by molar-refractivity contribution is 0.123. The summed E-state index contributed by atoms with van der Waals surface area (Å²) in [6, 6.07) is 5.00. The highest BCUT2D eigenvalue weighted by molar-refractivity contribution is 5.26. The minimum Gasteiger partial charge on any atom is -0.472 e. The number of aryl methyl sites for hydroxylation is 1. The summed E-state index contributed by atoms with van der Waals surface area (Å²) < 4.78 is 5.91. The SMILES string of the molecule is CCCc1cc(CNC2CC2)cc(OC(C)(C)C)n1. The molecule has 0 amide bonds. The maximum Gasteiger partial charge on any atom is 0.214 e. The Hall–Kier alpha value is -1.09. The highest BCUT2D eigenvalue weighted by Gasteiger charge is 2.20. The van der Waals surface area contributed by atoms with E-state index in [1.54, 1.807) is 0 Å². The van der Waals surface area contributed by atoms with Crippen molar-refractivity contribution in [2.24, 2.45) is 0 Å². The predicted octanol–water partition coefficient (Wildman–Crippen LogP) is 3.46. The first kappa shape index (κ1) is 14.3. The highest BCUT2D eigenvalue weighted by atomic mass is 16.5. The van der Waals surface area contributed by atoms with Gasteiger partial charge in [0.2, 0.25) is 5.88 Å². The normalized spacial score (nSPS) is 15.6. The standard InChI is InChI=1S/C16H26N2O/c1-5-6-14-9-12(11-17-13-7-8-13)10-15(18-14)19-16(2,3)4/h9-10,13,17H,5-8,11H2,1-4H3. The largest absolute Gasteiger partial charge is 0.472 e. The summed E-state index contributed by atoms with van der Waals surface area (Å²) >= 11 is 0. The van der Waals surface area contributed by atoms with Gasteiger partial charge in [-0.25, -0.2) is 4.98 Å². The molecule has 0 radical (unpaired) electrons. The number of hydrogen-bond donors (Lipinski definition) is 1. The monoisotopic (exact) mass is 262 g/mol. The first-order chi connectivity index (χ1) is 8.96. The van der Waals surface area contributed by atoms with E-state index in [-0.39, 0.29) is 5.60 Å². The van der Waals surface area contributed by atoms with Crippen molar-refractivity contribution in [3.8, 4) is 5.88 Å². The van der Waals surface area contributed by atoms with Crippen LogP contribution in [0.1, 0.15) is 58.2 Å². The molecule has 19 heavy (non-hydrogen) atoms. The number of hydrogen-bond acceptors (Lipinski definition) is 3. The van der Waals surface area contributed by atoms with E-state index in [1.165, 1.54) is 18.4 Å². The lowest BCUT2D eigenvalue weighted by atomic mass is 10.1. The molecule has 0 atom stereocenters. The third-order valence-corrected chi connectivity index (χ3v) is 3.00. The Morgan fingerprint density at radius 1 is 1.32 bits per heavy atom. The van der Waals surface area contributed by atoms with Gasteiger partial charge in [0, 0.05) is 24.3 Å². The molecule has 1 aromatic rings. The van der Waals surface area contributed by atoms with Gasteiger partial charge in [-0.2, -0.15) is 0 Å². The van der Waals surface area contributed by atoms with Crippen LogP contribution in [0.25, 0.3) is 0 Å². The van der Waals surface area contributed by atoms with E-state index >= 15 is 0 Å². The Balaban J connectivity index is 2.10. The molecule has 1 aliphatic carbocycles. The van der Waals surface area contributed by atoms with Crippen LogP contribution in [0.2, 0.25) is 0 Å². The van der Waals surface area contributed by atoms with Gasteiger partial charge >= 0.3 is 0 Å². The fourth-order valence-electron chi connectivity index (χ4n) is 2.02. The minimum absolute atomic E-state index is 0.195. The lowest BCUT2D eigenvalue weighted by Gasteiger charge is -2.21. The summed E-state index contributed by atoms with van der Waals surface area (Å²) in [6.45, 7) is 9.28. The van der Waals surface area contributed by atoms with Crippen molar-refractivity contribution >= 4 is 0 Å². The van der Waals surface area contributed by atoms with Crippen LogP contribution < -0.4 is 10.1 Å². The Morgan fingerprint density at radius 2 is 2.05 bits per heavy atom. The molecule has 1 N–H and O–H groups in total. The van der Waals surface area contributed by atoms with Crippen LogP contribution in [-0.4, -0.2) is 16.6 Å². The van der Waals surface area contributed by atoms with Crippen LogP contribution in [0.5, 0.6) is 5.88 Å². The summed E-state index contributed by atoms with van der Waals surface area (Å²) in [5.74, 6) is 0.756. The van der Waals surface area contributed by atoms with Gasteiger partial charge in [-0.15, -0.1) is 0 Å².